The second-order valence-electron chi connectivity index (χ2n) is 5.79. The highest BCUT2D eigenvalue weighted by molar-refractivity contribution is 6.78. The van der Waals surface area contributed by atoms with Gasteiger partial charge in [-0.25, -0.2) is 0 Å². The molecule has 0 amide bonds. The molecule has 0 aromatic rings. The second kappa shape index (κ2) is 12.6. The van der Waals surface area contributed by atoms with Crippen LogP contribution in [0.4, 0.5) is 0 Å². The van der Waals surface area contributed by atoms with E-state index in [1.165, 1.54) is 75.9 Å². The van der Waals surface area contributed by atoms with Gasteiger partial charge in [0.2, 0.25) is 0 Å². The van der Waals surface area contributed by atoms with Crippen LogP contribution in [0.5, 0.6) is 0 Å². The maximum atomic E-state index is 8.96. The smallest absolute Gasteiger partial charge is 0.124 e. The highest BCUT2D eigenvalue weighted by Crippen LogP contribution is 2.30. The zero-order chi connectivity index (χ0) is 14.4. The molecule has 0 spiro atoms. The zero-order valence-corrected chi connectivity index (χ0v) is 14.3. The lowest BCUT2D eigenvalue weighted by Crippen LogP contribution is -2.31. The Morgan fingerprint density at radius 2 is 1.11 bits per heavy atom. The lowest BCUT2D eigenvalue weighted by Gasteiger charge is -2.26. The number of unbranched alkanes of at least 4 members (excludes halogenated alkanes) is 6. The molecule has 19 heavy (non-hydrogen) atoms. The van der Waals surface area contributed by atoms with Crippen molar-refractivity contribution in [1.29, 1.82) is 0 Å². The molecule has 0 heterocycles. The molecule has 0 N–H and O–H groups in total. The van der Waals surface area contributed by atoms with Crippen LogP contribution in [0.2, 0.25) is 18.1 Å². The van der Waals surface area contributed by atoms with Crippen LogP contribution in [0, 0.1) is 0 Å². The minimum absolute atomic E-state index is 1.22. The predicted octanol–water partition coefficient (Wildman–Crippen LogP) is 6.81. The van der Waals surface area contributed by atoms with Crippen molar-refractivity contribution < 1.29 is 0 Å². The van der Waals surface area contributed by atoms with Crippen LogP contribution < -0.4 is 0 Å². The van der Waals surface area contributed by atoms with E-state index in [-0.39, 0.29) is 0 Å². The molecule has 0 aromatic carbocycles. The van der Waals surface area contributed by atoms with Gasteiger partial charge in [0.25, 0.3) is 0 Å². The minimum Gasteiger partial charge on any atom is -0.124 e. The van der Waals surface area contributed by atoms with E-state index in [4.69, 9.17) is 5.53 Å². The Morgan fingerprint density at radius 3 is 1.37 bits per heavy atom. The summed E-state index contributed by atoms with van der Waals surface area (Å²) >= 11 is 0. The Hall–Kier alpha value is -0.473. The molecule has 0 saturated carbocycles. The molecular weight excluding hydrogens is 250 g/mol. The number of rotatable bonds is 13. The standard InChI is InChI=1S/C15H33N3Si/c1-4-7-10-13-19(18-17-16,14-11-8-5-2)15-12-9-6-3/h4-15H2,1-3H3. The number of hydrogen-bond donors (Lipinski definition) is 0. The average molecular weight is 284 g/mol. The molecule has 0 radical (unpaired) electrons. The van der Waals surface area contributed by atoms with E-state index >= 15 is 0 Å². The molecule has 3 nitrogen and oxygen atoms in total. The maximum Gasteiger partial charge on any atom is 0.155 e. The van der Waals surface area contributed by atoms with E-state index in [0.717, 1.165) is 0 Å². The third-order valence-corrected chi connectivity index (χ3v) is 8.36. The summed E-state index contributed by atoms with van der Waals surface area (Å²) in [5, 5.41) is 0. The molecular formula is C15H33N3Si. The van der Waals surface area contributed by atoms with Crippen LogP contribution in [0.1, 0.15) is 78.6 Å². The first kappa shape index (κ1) is 18.5. The summed E-state index contributed by atoms with van der Waals surface area (Å²) < 4.78 is 4.39. The van der Waals surface area contributed by atoms with Crippen molar-refractivity contribution in [3.05, 3.63) is 10.4 Å². The minimum atomic E-state index is -1.70. The van der Waals surface area contributed by atoms with Crippen LogP contribution >= 0.6 is 0 Å². The molecule has 0 aliphatic carbocycles. The van der Waals surface area contributed by atoms with E-state index in [1.54, 1.807) is 0 Å². The van der Waals surface area contributed by atoms with Gasteiger partial charge in [0.15, 0.2) is 8.24 Å². The number of azide groups is 1. The van der Waals surface area contributed by atoms with Crippen molar-refractivity contribution in [1.82, 2.24) is 0 Å². The first-order valence-electron chi connectivity index (χ1n) is 8.31. The lowest BCUT2D eigenvalue weighted by atomic mass is 10.3. The Kier molecular flexibility index (Phi) is 12.2. The zero-order valence-electron chi connectivity index (χ0n) is 13.3. The summed E-state index contributed by atoms with van der Waals surface area (Å²) in [6.07, 6.45) is 11.4. The molecule has 0 unspecified atom stereocenters. The van der Waals surface area contributed by atoms with E-state index in [2.05, 4.69) is 30.5 Å². The molecule has 0 bridgehead atoms. The molecule has 0 rings (SSSR count). The SMILES string of the molecule is CCCCC[Si](CCCCC)(CCCCC)N=[N+]=[N-]. The highest BCUT2D eigenvalue weighted by Gasteiger charge is 2.30. The summed E-state index contributed by atoms with van der Waals surface area (Å²) in [5.74, 6) is 0. The van der Waals surface area contributed by atoms with E-state index in [1.807, 2.05) is 0 Å². The van der Waals surface area contributed by atoms with Gasteiger partial charge >= 0.3 is 0 Å². The van der Waals surface area contributed by atoms with Gasteiger partial charge in [-0.15, -0.1) is 4.78 Å². The fourth-order valence-corrected chi connectivity index (χ4v) is 6.70. The summed E-state index contributed by atoms with van der Waals surface area (Å²) in [7, 11) is -1.70. The lowest BCUT2D eigenvalue weighted by molar-refractivity contribution is 0.713. The summed E-state index contributed by atoms with van der Waals surface area (Å²) in [6, 6.07) is 3.66. The Bertz CT molecular complexity index is 223. The number of hydrogen-bond acceptors (Lipinski definition) is 1. The second-order valence-corrected chi connectivity index (χ2v) is 9.93. The first-order valence-corrected chi connectivity index (χ1v) is 10.9. The Balaban J connectivity index is 4.52. The van der Waals surface area contributed by atoms with Gasteiger partial charge in [-0.05, 0) is 10.4 Å². The molecule has 112 valence electrons. The summed E-state index contributed by atoms with van der Waals surface area (Å²) in [5.41, 5.74) is 8.96. The van der Waals surface area contributed by atoms with E-state index in [9.17, 15) is 0 Å². The summed E-state index contributed by atoms with van der Waals surface area (Å²) in [4.78, 5) is 3.23. The van der Waals surface area contributed by atoms with Gasteiger partial charge in [-0.3, -0.25) is 0 Å². The van der Waals surface area contributed by atoms with Crippen LogP contribution in [0.3, 0.4) is 0 Å². The average Bonchev–Trinajstić information content (AvgIpc) is 2.40. The van der Waals surface area contributed by atoms with Crippen molar-refractivity contribution in [2.75, 3.05) is 0 Å². The Labute approximate surface area is 120 Å². The topological polar surface area (TPSA) is 48.8 Å². The van der Waals surface area contributed by atoms with Gasteiger partial charge in [-0.1, -0.05) is 96.7 Å². The normalized spacial score (nSPS) is 11.3. The van der Waals surface area contributed by atoms with Gasteiger partial charge in [-0.2, -0.15) is 0 Å². The maximum absolute atomic E-state index is 8.96. The van der Waals surface area contributed by atoms with Crippen LogP contribution in [0.15, 0.2) is 4.78 Å². The monoisotopic (exact) mass is 283 g/mol. The van der Waals surface area contributed by atoms with Gasteiger partial charge in [0, 0.05) is 0 Å². The van der Waals surface area contributed by atoms with Crippen molar-refractivity contribution in [2.45, 2.75) is 96.7 Å². The van der Waals surface area contributed by atoms with Gasteiger partial charge in [0.1, 0.15) is 0 Å². The molecule has 0 atom stereocenters. The third kappa shape index (κ3) is 9.12. The first-order chi connectivity index (χ1) is 9.24. The molecule has 4 heteroatoms. The van der Waals surface area contributed by atoms with Crippen LogP contribution in [-0.4, -0.2) is 8.24 Å². The van der Waals surface area contributed by atoms with Crippen molar-refractivity contribution in [2.24, 2.45) is 4.78 Å². The quantitative estimate of drug-likeness (QED) is 0.117. The van der Waals surface area contributed by atoms with E-state index in [0.29, 0.717) is 0 Å². The molecule has 0 fully saturated rings. The van der Waals surface area contributed by atoms with Crippen LogP contribution in [-0.2, 0) is 0 Å². The number of nitrogens with zero attached hydrogens (tertiary/aromatic N) is 3. The fourth-order valence-electron chi connectivity index (χ4n) is 2.73. The van der Waals surface area contributed by atoms with Crippen LogP contribution in [0.25, 0.3) is 10.4 Å². The van der Waals surface area contributed by atoms with E-state index < -0.39 is 8.24 Å². The highest BCUT2D eigenvalue weighted by atomic mass is 28.3. The van der Waals surface area contributed by atoms with Gasteiger partial charge < -0.3 is 0 Å². The summed E-state index contributed by atoms with van der Waals surface area (Å²) in [6.45, 7) is 6.72. The van der Waals surface area contributed by atoms with Crippen molar-refractivity contribution in [3.8, 4) is 0 Å². The molecule has 0 aromatic heterocycles. The van der Waals surface area contributed by atoms with Crippen molar-refractivity contribution in [3.63, 3.8) is 0 Å². The molecule has 0 saturated heterocycles. The third-order valence-electron chi connectivity index (χ3n) is 3.99. The van der Waals surface area contributed by atoms with Gasteiger partial charge in [0.05, 0.1) is 0 Å². The Morgan fingerprint density at radius 1 is 0.737 bits per heavy atom. The largest absolute Gasteiger partial charge is 0.155 e. The molecule has 0 aliphatic heterocycles. The van der Waals surface area contributed by atoms with Crippen molar-refractivity contribution >= 4 is 8.24 Å². The predicted molar refractivity (Wildman–Crippen MR) is 87.9 cm³/mol. The molecule has 0 aliphatic rings. The fraction of sp³-hybridized carbons (Fsp3) is 1.00.